The quantitative estimate of drug-likeness (QED) is 0.782. The number of nitrogens with zero attached hydrogens (tertiary/aromatic N) is 1. The number of methoxy groups -OCH3 is 1. The number of imide groups is 1. The first kappa shape index (κ1) is 16.3. The first-order valence-corrected chi connectivity index (χ1v) is 8.34. The van der Waals surface area contributed by atoms with Gasteiger partial charge < -0.3 is 4.74 Å². The maximum atomic E-state index is 12.5. The lowest BCUT2D eigenvalue weighted by atomic mass is 10.1. The summed E-state index contributed by atoms with van der Waals surface area (Å²) in [7, 11) is 1.61. The third-order valence-electron chi connectivity index (χ3n) is 3.79. The lowest BCUT2D eigenvalue weighted by Crippen LogP contribution is -2.27. The monoisotopic (exact) mass is 339 g/mol. The molecule has 2 aromatic carbocycles. The fraction of sp³-hybridized carbons (Fsp3) is 0.158. The molecule has 4 nitrogen and oxygen atoms in total. The molecule has 0 N–H and O–H groups in total. The van der Waals surface area contributed by atoms with Crippen molar-refractivity contribution in [3.8, 4) is 5.75 Å². The zero-order valence-corrected chi connectivity index (χ0v) is 14.3. The van der Waals surface area contributed by atoms with Crippen molar-refractivity contribution in [2.75, 3.05) is 7.11 Å². The molecule has 0 aliphatic carbocycles. The van der Waals surface area contributed by atoms with E-state index in [4.69, 9.17) is 4.74 Å². The van der Waals surface area contributed by atoms with E-state index in [1.165, 1.54) is 4.90 Å². The van der Waals surface area contributed by atoms with E-state index in [-0.39, 0.29) is 11.1 Å². The standard InChI is InChI=1S/C19H17NO3S/c1-13-8-9-15(10-16(13)23-2)11-17-18(21)20(19(22)24-17)12-14-6-4-3-5-7-14/h3-11H,12H2,1-2H3/b17-11-. The molecule has 5 heteroatoms. The minimum Gasteiger partial charge on any atom is -0.496 e. The van der Waals surface area contributed by atoms with Gasteiger partial charge in [-0.1, -0.05) is 42.5 Å². The largest absolute Gasteiger partial charge is 0.496 e. The molecule has 1 aliphatic rings. The minimum absolute atomic E-state index is 0.242. The van der Waals surface area contributed by atoms with Gasteiger partial charge in [0.1, 0.15) is 5.75 Å². The van der Waals surface area contributed by atoms with Gasteiger partial charge in [-0.25, -0.2) is 0 Å². The van der Waals surface area contributed by atoms with E-state index in [2.05, 4.69) is 0 Å². The molecule has 0 aromatic heterocycles. The Morgan fingerprint density at radius 3 is 2.58 bits per heavy atom. The Labute approximate surface area is 145 Å². The van der Waals surface area contributed by atoms with Crippen LogP contribution in [0.5, 0.6) is 5.75 Å². The number of benzene rings is 2. The average molecular weight is 339 g/mol. The van der Waals surface area contributed by atoms with Gasteiger partial charge in [-0.3, -0.25) is 14.5 Å². The van der Waals surface area contributed by atoms with Gasteiger partial charge in [0.25, 0.3) is 11.1 Å². The van der Waals surface area contributed by atoms with Crippen LogP contribution < -0.4 is 4.74 Å². The van der Waals surface area contributed by atoms with Crippen molar-refractivity contribution in [1.29, 1.82) is 0 Å². The highest BCUT2D eigenvalue weighted by molar-refractivity contribution is 8.18. The molecule has 1 heterocycles. The molecule has 0 spiro atoms. The third kappa shape index (κ3) is 3.36. The van der Waals surface area contributed by atoms with Crippen LogP contribution in [0.3, 0.4) is 0 Å². The zero-order valence-electron chi connectivity index (χ0n) is 13.5. The van der Waals surface area contributed by atoms with Crippen molar-refractivity contribution >= 4 is 29.0 Å². The van der Waals surface area contributed by atoms with Crippen LogP contribution >= 0.6 is 11.8 Å². The summed E-state index contributed by atoms with van der Waals surface area (Å²) in [5.41, 5.74) is 2.78. The second-order valence-electron chi connectivity index (χ2n) is 5.48. The maximum absolute atomic E-state index is 12.5. The molecule has 3 rings (SSSR count). The van der Waals surface area contributed by atoms with Crippen molar-refractivity contribution in [3.05, 3.63) is 70.1 Å². The van der Waals surface area contributed by atoms with E-state index >= 15 is 0 Å². The second kappa shape index (κ2) is 6.93. The number of hydrogen-bond donors (Lipinski definition) is 0. The van der Waals surface area contributed by atoms with Crippen LogP contribution in [-0.4, -0.2) is 23.2 Å². The Morgan fingerprint density at radius 1 is 1.12 bits per heavy atom. The maximum Gasteiger partial charge on any atom is 0.293 e. The molecule has 2 aromatic rings. The second-order valence-corrected chi connectivity index (χ2v) is 6.48. The van der Waals surface area contributed by atoms with E-state index in [1.807, 2.05) is 55.5 Å². The lowest BCUT2D eigenvalue weighted by Gasteiger charge is -2.12. The summed E-state index contributed by atoms with van der Waals surface area (Å²) in [4.78, 5) is 26.4. The predicted octanol–water partition coefficient (Wildman–Crippen LogP) is 4.24. The molecule has 0 bridgehead atoms. The number of thioether (sulfide) groups is 1. The van der Waals surface area contributed by atoms with Crippen LogP contribution in [0.1, 0.15) is 16.7 Å². The number of carbonyl (C=O) groups is 2. The lowest BCUT2D eigenvalue weighted by molar-refractivity contribution is -0.123. The smallest absolute Gasteiger partial charge is 0.293 e. The van der Waals surface area contributed by atoms with E-state index in [0.717, 1.165) is 34.2 Å². The molecule has 1 aliphatic heterocycles. The number of carbonyl (C=O) groups excluding carboxylic acids is 2. The summed E-state index contributed by atoms with van der Waals surface area (Å²) in [6.07, 6.45) is 1.73. The highest BCUT2D eigenvalue weighted by Gasteiger charge is 2.34. The Balaban J connectivity index is 1.83. The fourth-order valence-electron chi connectivity index (χ4n) is 2.48. The first-order chi connectivity index (χ1) is 11.6. The molecular weight excluding hydrogens is 322 g/mol. The van der Waals surface area contributed by atoms with Crippen molar-refractivity contribution < 1.29 is 14.3 Å². The van der Waals surface area contributed by atoms with Crippen LogP contribution in [0.4, 0.5) is 4.79 Å². The van der Waals surface area contributed by atoms with Crippen LogP contribution in [-0.2, 0) is 11.3 Å². The summed E-state index contributed by atoms with van der Waals surface area (Å²) in [6.45, 7) is 2.25. The summed E-state index contributed by atoms with van der Waals surface area (Å²) >= 11 is 0.971. The summed E-state index contributed by atoms with van der Waals surface area (Å²) in [5.74, 6) is 0.501. The van der Waals surface area contributed by atoms with Gasteiger partial charge >= 0.3 is 0 Å². The minimum atomic E-state index is -0.256. The molecule has 2 amide bonds. The van der Waals surface area contributed by atoms with Crippen molar-refractivity contribution in [2.45, 2.75) is 13.5 Å². The van der Waals surface area contributed by atoms with Gasteiger partial charge in [0.15, 0.2) is 0 Å². The van der Waals surface area contributed by atoms with Crippen molar-refractivity contribution in [3.63, 3.8) is 0 Å². The molecule has 1 fully saturated rings. The summed E-state index contributed by atoms with van der Waals surface area (Å²) < 4.78 is 5.30. The highest BCUT2D eigenvalue weighted by Crippen LogP contribution is 2.34. The van der Waals surface area contributed by atoms with Gasteiger partial charge in [0, 0.05) is 0 Å². The van der Waals surface area contributed by atoms with E-state index in [0.29, 0.717) is 11.4 Å². The number of amides is 2. The Morgan fingerprint density at radius 2 is 1.88 bits per heavy atom. The summed E-state index contributed by atoms with van der Waals surface area (Å²) in [6, 6.07) is 15.2. The normalized spacial score (nSPS) is 16.1. The van der Waals surface area contributed by atoms with Crippen molar-refractivity contribution in [2.24, 2.45) is 0 Å². The number of hydrogen-bond acceptors (Lipinski definition) is 4. The third-order valence-corrected chi connectivity index (χ3v) is 4.69. The Hall–Kier alpha value is -2.53. The van der Waals surface area contributed by atoms with Crippen LogP contribution in [0, 0.1) is 6.92 Å². The zero-order chi connectivity index (χ0) is 17.1. The summed E-state index contributed by atoms with van der Waals surface area (Å²) in [5, 5.41) is -0.242. The molecule has 0 atom stereocenters. The molecular formula is C19H17NO3S. The highest BCUT2D eigenvalue weighted by atomic mass is 32.2. The number of rotatable bonds is 4. The van der Waals surface area contributed by atoms with Crippen LogP contribution in [0.2, 0.25) is 0 Å². The predicted molar refractivity (Wildman–Crippen MR) is 95.7 cm³/mol. The van der Waals surface area contributed by atoms with E-state index < -0.39 is 0 Å². The van der Waals surface area contributed by atoms with Gasteiger partial charge in [-0.15, -0.1) is 0 Å². The average Bonchev–Trinajstić information content (AvgIpc) is 2.85. The molecule has 0 unspecified atom stereocenters. The van der Waals surface area contributed by atoms with Gasteiger partial charge in [0.2, 0.25) is 0 Å². The SMILES string of the molecule is COc1cc(/C=C2\SC(=O)N(Cc3ccccc3)C2=O)ccc1C. The Kier molecular flexibility index (Phi) is 4.71. The molecule has 0 radical (unpaired) electrons. The van der Waals surface area contributed by atoms with Gasteiger partial charge in [0.05, 0.1) is 18.6 Å². The molecule has 122 valence electrons. The van der Waals surface area contributed by atoms with Crippen LogP contribution in [0.15, 0.2) is 53.4 Å². The Bertz CT molecular complexity index is 815. The van der Waals surface area contributed by atoms with Gasteiger partial charge in [-0.2, -0.15) is 0 Å². The van der Waals surface area contributed by atoms with E-state index in [1.54, 1.807) is 13.2 Å². The van der Waals surface area contributed by atoms with Gasteiger partial charge in [-0.05, 0) is 47.5 Å². The first-order valence-electron chi connectivity index (χ1n) is 7.52. The molecule has 0 saturated carbocycles. The van der Waals surface area contributed by atoms with Crippen LogP contribution in [0.25, 0.3) is 6.08 Å². The van der Waals surface area contributed by atoms with Crippen molar-refractivity contribution in [1.82, 2.24) is 4.90 Å². The fourth-order valence-corrected chi connectivity index (χ4v) is 3.32. The molecule has 24 heavy (non-hydrogen) atoms. The topological polar surface area (TPSA) is 46.6 Å². The van der Waals surface area contributed by atoms with E-state index in [9.17, 15) is 9.59 Å². The number of ether oxygens (including phenoxy) is 1. The molecule has 1 saturated heterocycles. The number of aryl methyl sites for hydroxylation is 1.